The van der Waals surface area contributed by atoms with Gasteiger partial charge < -0.3 is 4.74 Å². The Balaban J connectivity index is 1.06. The number of pyridine rings is 1. The smallest absolute Gasteiger partial charge is 0.0974 e. The van der Waals surface area contributed by atoms with Crippen LogP contribution in [0.25, 0.3) is 10.8 Å². The molecule has 0 N–H and O–H groups in total. The minimum atomic E-state index is -0.0461. The molecule has 6 atom stereocenters. The van der Waals surface area contributed by atoms with Gasteiger partial charge in [-0.2, -0.15) is 0 Å². The maximum Gasteiger partial charge on any atom is 0.0974 e. The summed E-state index contributed by atoms with van der Waals surface area (Å²) in [5.74, 6) is 1.22. The largest absolute Gasteiger partial charge is 0.359 e. The lowest BCUT2D eigenvalue weighted by Crippen LogP contribution is -2.55. The second kappa shape index (κ2) is 7.36. The number of allylic oxidation sites excluding steroid dienone is 1. The predicted octanol–water partition coefficient (Wildman–Crippen LogP) is 7.47. The number of aromatic nitrogens is 1. The summed E-state index contributed by atoms with van der Waals surface area (Å²) in [4.78, 5) is 7.39. The molecule has 2 aromatic rings. The SMILES string of the molecule is C[C@]12CC=C3C=C4CCC(N5C6CCC5CC6)C[C@]45CC[C@]3(O5)[C@@H]1CC[C@@H]2c1ccc2ccncc2c1. The molecule has 0 radical (unpaired) electrons. The molecular weight excluding hydrogens is 452 g/mol. The Kier molecular flexibility index (Phi) is 4.36. The fraction of sp³-hybridized carbons (Fsp3) is 0.618. The van der Waals surface area contributed by atoms with E-state index in [9.17, 15) is 0 Å². The van der Waals surface area contributed by atoms with Crippen molar-refractivity contribution in [3.05, 3.63) is 65.5 Å². The van der Waals surface area contributed by atoms with Crippen molar-refractivity contribution < 1.29 is 4.74 Å². The fourth-order valence-corrected chi connectivity index (χ4v) is 11.1. The maximum absolute atomic E-state index is 7.62. The van der Waals surface area contributed by atoms with E-state index in [1.54, 1.807) is 11.1 Å². The molecule has 1 aromatic carbocycles. The summed E-state index contributed by atoms with van der Waals surface area (Å²) in [7, 11) is 0. The molecule has 192 valence electrons. The van der Waals surface area contributed by atoms with Crippen molar-refractivity contribution in [2.24, 2.45) is 11.3 Å². The van der Waals surface area contributed by atoms with Crippen molar-refractivity contribution in [1.82, 2.24) is 9.88 Å². The van der Waals surface area contributed by atoms with Gasteiger partial charge in [0, 0.05) is 35.9 Å². The van der Waals surface area contributed by atoms with Crippen LogP contribution < -0.4 is 0 Å². The second-order valence-corrected chi connectivity index (χ2v) is 14.0. The summed E-state index contributed by atoms with van der Waals surface area (Å²) < 4.78 is 7.62. The van der Waals surface area contributed by atoms with Gasteiger partial charge >= 0.3 is 0 Å². The Bertz CT molecular complexity index is 1340. The molecule has 3 heteroatoms. The van der Waals surface area contributed by atoms with E-state index in [2.05, 4.69) is 53.2 Å². The van der Waals surface area contributed by atoms with Gasteiger partial charge in [0.2, 0.25) is 0 Å². The first-order valence-electron chi connectivity index (χ1n) is 15.3. The van der Waals surface area contributed by atoms with Crippen LogP contribution in [0.1, 0.15) is 95.5 Å². The van der Waals surface area contributed by atoms with E-state index in [1.807, 2.05) is 12.4 Å². The molecule has 1 unspecified atom stereocenters. The number of hydrogen-bond donors (Lipinski definition) is 0. The Hall–Kier alpha value is -1.97. The molecule has 3 saturated heterocycles. The van der Waals surface area contributed by atoms with E-state index >= 15 is 0 Å². The molecule has 9 rings (SSSR count). The van der Waals surface area contributed by atoms with Crippen molar-refractivity contribution in [3.63, 3.8) is 0 Å². The molecule has 5 fully saturated rings. The summed E-state index contributed by atoms with van der Waals surface area (Å²) in [6.07, 6.45) is 25.1. The number of nitrogens with zero attached hydrogens (tertiary/aromatic N) is 2. The van der Waals surface area contributed by atoms with Gasteiger partial charge in [-0.1, -0.05) is 31.2 Å². The van der Waals surface area contributed by atoms with E-state index in [1.165, 1.54) is 93.4 Å². The van der Waals surface area contributed by atoms with Crippen LogP contribution in [0, 0.1) is 11.3 Å². The number of fused-ring (bicyclic) bond motifs is 4. The van der Waals surface area contributed by atoms with Crippen LogP contribution in [0.3, 0.4) is 0 Å². The zero-order chi connectivity index (χ0) is 24.4. The Labute approximate surface area is 221 Å². The van der Waals surface area contributed by atoms with Crippen molar-refractivity contribution in [2.75, 3.05) is 0 Å². The first-order valence-corrected chi connectivity index (χ1v) is 15.3. The van der Waals surface area contributed by atoms with Crippen molar-refractivity contribution >= 4 is 10.8 Å². The number of hydrogen-bond acceptors (Lipinski definition) is 3. The normalized spacial score (nSPS) is 45.9. The highest BCUT2D eigenvalue weighted by atomic mass is 16.5. The molecule has 7 aliphatic rings. The number of rotatable bonds is 2. The molecule has 37 heavy (non-hydrogen) atoms. The van der Waals surface area contributed by atoms with Crippen LogP contribution in [0.2, 0.25) is 0 Å². The molecule has 1 aromatic heterocycles. The zero-order valence-corrected chi connectivity index (χ0v) is 22.3. The second-order valence-electron chi connectivity index (χ2n) is 14.0. The highest BCUT2D eigenvalue weighted by molar-refractivity contribution is 5.82. The summed E-state index contributed by atoms with van der Waals surface area (Å²) in [5.41, 5.74) is 4.96. The maximum atomic E-state index is 7.62. The lowest BCUT2D eigenvalue weighted by molar-refractivity contribution is -0.141. The van der Waals surface area contributed by atoms with Gasteiger partial charge in [-0.05, 0) is 129 Å². The Morgan fingerprint density at radius 2 is 1.78 bits per heavy atom. The summed E-state index contributed by atoms with van der Waals surface area (Å²) in [6, 6.07) is 11.8. The van der Waals surface area contributed by atoms with E-state index in [0.29, 0.717) is 11.8 Å². The highest BCUT2D eigenvalue weighted by Gasteiger charge is 2.67. The van der Waals surface area contributed by atoms with Gasteiger partial charge in [-0.3, -0.25) is 9.88 Å². The van der Waals surface area contributed by atoms with Crippen LogP contribution in [0.5, 0.6) is 0 Å². The number of ether oxygens (including phenoxy) is 1. The van der Waals surface area contributed by atoms with Crippen LogP contribution in [-0.2, 0) is 4.74 Å². The molecule has 3 aliphatic carbocycles. The first-order chi connectivity index (χ1) is 18.1. The molecule has 2 spiro atoms. The molecule has 4 bridgehead atoms. The van der Waals surface area contributed by atoms with Crippen LogP contribution >= 0.6 is 0 Å². The van der Waals surface area contributed by atoms with Crippen LogP contribution in [0.4, 0.5) is 0 Å². The number of benzene rings is 1. The van der Waals surface area contributed by atoms with Gasteiger partial charge in [0.1, 0.15) is 0 Å². The predicted molar refractivity (Wildman–Crippen MR) is 147 cm³/mol. The van der Waals surface area contributed by atoms with Crippen LogP contribution in [-0.4, -0.2) is 39.2 Å². The molecule has 3 nitrogen and oxygen atoms in total. The summed E-state index contributed by atoms with van der Waals surface area (Å²) in [6.45, 7) is 2.60. The van der Waals surface area contributed by atoms with Crippen molar-refractivity contribution in [3.8, 4) is 0 Å². The molecule has 2 saturated carbocycles. The quantitative estimate of drug-likeness (QED) is 0.435. The van der Waals surface area contributed by atoms with Gasteiger partial charge in [-0.15, -0.1) is 0 Å². The summed E-state index contributed by atoms with van der Waals surface area (Å²) >= 11 is 0. The topological polar surface area (TPSA) is 25.4 Å². The standard InChI is InChI=1S/C34H40N2O/c1-32-14-12-26-19-25-4-5-29(36-27-6-7-28(36)9-8-27)20-33(25)15-16-34(26,37-33)31(32)11-10-30(32)23-3-2-22-13-17-35-21-24(22)18-23/h2-3,12-13,17-19,21,27-31H,4-11,14-16,20H2,1H3/t27?,28?,29?,30-,31-,32-,33-,34-/m1/s1. The van der Waals surface area contributed by atoms with Crippen LogP contribution in [0.15, 0.2) is 60.0 Å². The van der Waals surface area contributed by atoms with Gasteiger partial charge in [0.05, 0.1) is 11.2 Å². The summed E-state index contributed by atoms with van der Waals surface area (Å²) in [5, 5.41) is 2.58. The Morgan fingerprint density at radius 3 is 2.65 bits per heavy atom. The monoisotopic (exact) mass is 492 g/mol. The van der Waals surface area contributed by atoms with E-state index in [4.69, 9.17) is 4.74 Å². The minimum absolute atomic E-state index is 0.0211. The average Bonchev–Trinajstić information content (AvgIpc) is 3.68. The fourth-order valence-electron chi connectivity index (χ4n) is 11.1. The molecule has 0 amide bonds. The van der Waals surface area contributed by atoms with E-state index in [0.717, 1.165) is 18.1 Å². The van der Waals surface area contributed by atoms with Gasteiger partial charge in [-0.25, -0.2) is 0 Å². The van der Waals surface area contributed by atoms with E-state index < -0.39 is 0 Å². The average molecular weight is 493 g/mol. The third-order valence-corrected chi connectivity index (χ3v) is 12.7. The van der Waals surface area contributed by atoms with Gasteiger partial charge in [0.15, 0.2) is 0 Å². The molecular formula is C34H40N2O. The molecule has 4 aliphatic heterocycles. The highest BCUT2D eigenvalue weighted by Crippen LogP contribution is 2.69. The third kappa shape index (κ3) is 2.78. The lowest BCUT2D eigenvalue weighted by Gasteiger charge is -2.55. The van der Waals surface area contributed by atoms with Crippen molar-refractivity contribution in [2.45, 2.75) is 119 Å². The first kappa shape index (κ1) is 21.9. The minimum Gasteiger partial charge on any atom is -0.359 e. The Morgan fingerprint density at radius 1 is 0.919 bits per heavy atom. The lowest BCUT2D eigenvalue weighted by atomic mass is 9.58. The van der Waals surface area contributed by atoms with E-state index in [-0.39, 0.29) is 16.6 Å². The molecule has 5 heterocycles. The zero-order valence-electron chi connectivity index (χ0n) is 22.3. The van der Waals surface area contributed by atoms with Gasteiger partial charge in [0.25, 0.3) is 0 Å². The third-order valence-electron chi connectivity index (χ3n) is 12.7. The van der Waals surface area contributed by atoms with Crippen molar-refractivity contribution in [1.29, 1.82) is 0 Å².